The third-order valence-corrected chi connectivity index (χ3v) is 3.42. The van der Waals surface area contributed by atoms with E-state index in [-0.39, 0.29) is 18.8 Å². The van der Waals surface area contributed by atoms with Crippen molar-refractivity contribution in [3.05, 3.63) is 59.9 Å². The van der Waals surface area contributed by atoms with Crippen molar-refractivity contribution in [2.75, 3.05) is 18.4 Å². The molecule has 2 aromatic rings. The molecule has 1 aromatic heterocycles. The molecule has 0 aliphatic rings. The quantitative estimate of drug-likeness (QED) is 0.900. The molecule has 1 N–H and O–H groups in total. The Morgan fingerprint density at radius 3 is 2.48 bits per heavy atom. The normalized spacial score (nSPS) is 11.0. The average molecular weight is 351 g/mol. The molecule has 1 aromatic carbocycles. The van der Waals surface area contributed by atoms with Crippen molar-refractivity contribution >= 4 is 17.5 Å². The van der Waals surface area contributed by atoms with Gasteiger partial charge in [0, 0.05) is 18.9 Å². The smallest absolute Gasteiger partial charge is 0.330 e. The fourth-order valence-corrected chi connectivity index (χ4v) is 2.20. The Morgan fingerprint density at radius 1 is 1.16 bits per heavy atom. The Balaban J connectivity index is 2.10. The molecule has 0 aliphatic carbocycles. The lowest BCUT2D eigenvalue weighted by Crippen LogP contribution is -2.38. The first-order chi connectivity index (χ1) is 11.8. The van der Waals surface area contributed by atoms with Gasteiger partial charge in [0.15, 0.2) is 0 Å². The number of benzene rings is 1. The number of carbonyl (C=O) groups excluding carboxylic acids is 2. The van der Waals surface area contributed by atoms with Gasteiger partial charge in [0.25, 0.3) is 5.91 Å². The third kappa shape index (κ3) is 4.79. The van der Waals surface area contributed by atoms with Crippen LogP contribution in [-0.4, -0.2) is 34.8 Å². The summed E-state index contributed by atoms with van der Waals surface area (Å²) in [5, 5.41) is 2.22. The van der Waals surface area contributed by atoms with Gasteiger partial charge >= 0.3 is 6.18 Å². The van der Waals surface area contributed by atoms with Crippen molar-refractivity contribution in [2.24, 2.45) is 0 Å². The number of amides is 2. The number of nitrogens with one attached hydrogen (secondary N) is 1. The maximum Gasteiger partial charge on any atom is 0.418 e. The van der Waals surface area contributed by atoms with E-state index in [0.29, 0.717) is 5.56 Å². The summed E-state index contributed by atoms with van der Waals surface area (Å²) in [7, 11) is 0. The van der Waals surface area contributed by atoms with Gasteiger partial charge in [-0.3, -0.25) is 14.6 Å². The van der Waals surface area contributed by atoms with E-state index in [9.17, 15) is 22.8 Å². The highest BCUT2D eigenvalue weighted by atomic mass is 19.4. The van der Waals surface area contributed by atoms with Crippen LogP contribution < -0.4 is 5.32 Å². The Hall–Kier alpha value is -2.90. The average Bonchev–Trinajstić information content (AvgIpc) is 2.59. The third-order valence-electron chi connectivity index (χ3n) is 3.42. The molecule has 132 valence electrons. The predicted octanol–water partition coefficient (Wildman–Crippen LogP) is 3.20. The van der Waals surface area contributed by atoms with Crippen LogP contribution in [0.5, 0.6) is 0 Å². The van der Waals surface area contributed by atoms with Crippen molar-refractivity contribution in [2.45, 2.75) is 13.1 Å². The van der Waals surface area contributed by atoms with Crippen LogP contribution >= 0.6 is 0 Å². The molecular weight excluding hydrogens is 335 g/mol. The molecule has 2 amide bonds. The molecule has 25 heavy (non-hydrogen) atoms. The zero-order chi connectivity index (χ0) is 18.4. The molecule has 1 heterocycles. The lowest BCUT2D eigenvalue weighted by Gasteiger charge is -2.21. The molecule has 0 spiro atoms. The minimum absolute atomic E-state index is 0.224. The van der Waals surface area contributed by atoms with Crippen LogP contribution in [0.3, 0.4) is 0 Å². The first-order valence-corrected chi connectivity index (χ1v) is 7.48. The number of likely N-dealkylation sites (N-methyl/N-ethyl adjacent to an activating group) is 1. The summed E-state index contributed by atoms with van der Waals surface area (Å²) < 4.78 is 38.9. The van der Waals surface area contributed by atoms with Crippen LogP contribution in [0, 0.1) is 0 Å². The molecule has 0 bridgehead atoms. The standard InChI is InChI=1S/C17H16F3N3O2/c1-2-23(16(25)12-6-5-9-21-10-12)11-15(24)22-14-8-4-3-7-13(14)17(18,19)20/h3-10H,2,11H2,1H3,(H,22,24). The number of nitrogens with zero attached hydrogens (tertiary/aromatic N) is 2. The van der Waals surface area contributed by atoms with Gasteiger partial charge in [-0.05, 0) is 31.2 Å². The van der Waals surface area contributed by atoms with Crippen molar-refractivity contribution in [1.82, 2.24) is 9.88 Å². The van der Waals surface area contributed by atoms with Gasteiger partial charge in [0.05, 0.1) is 16.8 Å². The fourth-order valence-electron chi connectivity index (χ4n) is 2.20. The van der Waals surface area contributed by atoms with E-state index in [0.717, 1.165) is 6.07 Å². The van der Waals surface area contributed by atoms with Gasteiger partial charge < -0.3 is 10.2 Å². The highest BCUT2D eigenvalue weighted by molar-refractivity contribution is 5.99. The largest absolute Gasteiger partial charge is 0.418 e. The van der Waals surface area contributed by atoms with E-state index in [1.807, 2.05) is 0 Å². The number of halogens is 3. The molecule has 8 heteroatoms. The highest BCUT2D eigenvalue weighted by Gasteiger charge is 2.33. The first-order valence-electron chi connectivity index (χ1n) is 7.48. The molecular formula is C17H16F3N3O2. The van der Waals surface area contributed by atoms with E-state index >= 15 is 0 Å². The molecule has 0 aliphatic heterocycles. The van der Waals surface area contributed by atoms with Gasteiger partial charge in [0.2, 0.25) is 5.91 Å². The number of pyridine rings is 1. The van der Waals surface area contributed by atoms with Crippen LogP contribution in [0.2, 0.25) is 0 Å². The van der Waals surface area contributed by atoms with E-state index in [1.54, 1.807) is 19.1 Å². The van der Waals surface area contributed by atoms with E-state index in [2.05, 4.69) is 10.3 Å². The maximum absolute atomic E-state index is 13.0. The molecule has 0 saturated heterocycles. The van der Waals surface area contributed by atoms with Crippen molar-refractivity contribution < 1.29 is 22.8 Å². The topological polar surface area (TPSA) is 62.3 Å². The Labute approximate surface area is 142 Å². The molecule has 0 fully saturated rings. The van der Waals surface area contributed by atoms with Crippen LogP contribution in [0.15, 0.2) is 48.8 Å². The van der Waals surface area contributed by atoms with E-state index < -0.39 is 23.6 Å². The number of hydrogen-bond acceptors (Lipinski definition) is 3. The van der Waals surface area contributed by atoms with Crippen LogP contribution in [-0.2, 0) is 11.0 Å². The van der Waals surface area contributed by atoms with Crippen LogP contribution in [0.4, 0.5) is 18.9 Å². The fraction of sp³-hybridized carbons (Fsp3) is 0.235. The summed E-state index contributed by atoms with van der Waals surface area (Å²) in [4.78, 5) is 29.5. The van der Waals surface area contributed by atoms with Crippen molar-refractivity contribution in [1.29, 1.82) is 0 Å². The Kier molecular flexibility index (Phi) is 5.74. The Morgan fingerprint density at radius 2 is 1.88 bits per heavy atom. The number of carbonyl (C=O) groups is 2. The molecule has 5 nitrogen and oxygen atoms in total. The summed E-state index contributed by atoms with van der Waals surface area (Å²) in [6, 6.07) is 7.81. The lowest BCUT2D eigenvalue weighted by atomic mass is 10.1. The second-order valence-electron chi connectivity index (χ2n) is 5.15. The Bertz CT molecular complexity index is 748. The van der Waals surface area contributed by atoms with Crippen LogP contribution in [0.25, 0.3) is 0 Å². The summed E-state index contributed by atoms with van der Waals surface area (Å²) in [6.45, 7) is 1.53. The monoisotopic (exact) mass is 351 g/mol. The summed E-state index contributed by atoms with van der Waals surface area (Å²) in [6.07, 6.45) is -1.71. The van der Waals surface area contributed by atoms with Crippen molar-refractivity contribution in [3.8, 4) is 0 Å². The van der Waals surface area contributed by atoms with Gasteiger partial charge in [0.1, 0.15) is 6.54 Å². The number of hydrogen-bond donors (Lipinski definition) is 1. The number of alkyl halides is 3. The zero-order valence-corrected chi connectivity index (χ0v) is 13.4. The van der Waals surface area contributed by atoms with Crippen LogP contribution in [0.1, 0.15) is 22.8 Å². The first kappa shape index (κ1) is 18.4. The van der Waals surface area contributed by atoms with Gasteiger partial charge in [-0.1, -0.05) is 12.1 Å². The summed E-state index contributed by atoms with van der Waals surface area (Å²) >= 11 is 0. The summed E-state index contributed by atoms with van der Waals surface area (Å²) in [5.41, 5.74) is -0.984. The summed E-state index contributed by atoms with van der Waals surface area (Å²) in [5.74, 6) is -1.13. The second-order valence-corrected chi connectivity index (χ2v) is 5.15. The molecule has 0 radical (unpaired) electrons. The SMILES string of the molecule is CCN(CC(=O)Nc1ccccc1C(F)(F)F)C(=O)c1cccnc1. The lowest BCUT2D eigenvalue weighted by molar-refractivity contribution is -0.137. The van der Waals surface area contributed by atoms with E-state index in [4.69, 9.17) is 0 Å². The highest BCUT2D eigenvalue weighted by Crippen LogP contribution is 2.34. The molecule has 0 saturated carbocycles. The number of rotatable bonds is 5. The van der Waals surface area contributed by atoms with Gasteiger partial charge in [-0.25, -0.2) is 0 Å². The minimum atomic E-state index is -4.58. The maximum atomic E-state index is 13.0. The van der Waals surface area contributed by atoms with Gasteiger partial charge in [-0.2, -0.15) is 13.2 Å². The van der Waals surface area contributed by atoms with Crippen molar-refractivity contribution in [3.63, 3.8) is 0 Å². The number of aromatic nitrogens is 1. The number of anilines is 1. The molecule has 0 atom stereocenters. The van der Waals surface area contributed by atoms with E-state index in [1.165, 1.54) is 35.5 Å². The molecule has 0 unspecified atom stereocenters. The number of para-hydroxylation sites is 1. The zero-order valence-electron chi connectivity index (χ0n) is 13.4. The minimum Gasteiger partial charge on any atom is -0.330 e. The molecule has 2 rings (SSSR count). The second kappa shape index (κ2) is 7.78. The predicted molar refractivity (Wildman–Crippen MR) is 85.9 cm³/mol. The van der Waals surface area contributed by atoms with Gasteiger partial charge in [-0.15, -0.1) is 0 Å².